The highest BCUT2D eigenvalue weighted by Crippen LogP contribution is 2.37. The molecule has 0 saturated heterocycles. The first-order valence-corrected chi connectivity index (χ1v) is 9.02. The molecule has 27 heavy (non-hydrogen) atoms. The Hall–Kier alpha value is -3.00. The van der Waals surface area contributed by atoms with Crippen LogP contribution < -0.4 is 19.6 Å². The third kappa shape index (κ3) is 3.61. The molecule has 0 atom stereocenters. The highest BCUT2D eigenvalue weighted by Gasteiger charge is 2.17. The van der Waals surface area contributed by atoms with Crippen LogP contribution in [0.2, 0.25) is 0 Å². The van der Waals surface area contributed by atoms with Gasteiger partial charge in [-0.1, -0.05) is 15.9 Å². The SMILES string of the molecule is CCOc1cc2c(cc1/C=N\NC(=O)c1cc3cc(Br)ccc3o1)OCO2. The summed E-state index contributed by atoms with van der Waals surface area (Å²) in [7, 11) is 0. The van der Waals surface area contributed by atoms with Crippen molar-refractivity contribution in [1.82, 2.24) is 5.43 Å². The minimum atomic E-state index is -0.447. The third-order valence-electron chi connectivity index (χ3n) is 3.88. The molecular weight excluding hydrogens is 416 g/mol. The molecule has 3 aromatic rings. The Kier molecular flexibility index (Phi) is 4.72. The summed E-state index contributed by atoms with van der Waals surface area (Å²) in [6, 6.07) is 10.7. The third-order valence-corrected chi connectivity index (χ3v) is 4.37. The zero-order valence-corrected chi connectivity index (χ0v) is 15.9. The number of benzene rings is 2. The van der Waals surface area contributed by atoms with Gasteiger partial charge in [0, 0.05) is 21.5 Å². The zero-order valence-electron chi connectivity index (χ0n) is 14.3. The summed E-state index contributed by atoms with van der Waals surface area (Å²) >= 11 is 3.39. The summed E-state index contributed by atoms with van der Waals surface area (Å²) in [5, 5.41) is 4.83. The van der Waals surface area contributed by atoms with E-state index in [0.29, 0.717) is 35.0 Å². The fourth-order valence-corrected chi connectivity index (χ4v) is 3.04. The van der Waals surface area contributed by atoms with Gasteiger partial charge in [-0.05, 0) is 37.3 Å². The average molecular weight is 431 g/mol. The van der Waals surface area contributed by atoms with Gasteiger partial charge in [-0.2, -0.15) is 5.10 Å². The lowest BCUT2D eigenvalue weighted by molar-refractivity contribution is 0.0929. The fourth-order valence-electron chi connectivity index (χ4n) is 2.66. The lowest BCUT2D eigenvalue weighted by Gasteiger charge is -2.08. The molecule has 0 fully saturated rings. The normalized spacial score (nSPS) is 12.7. The van der Waals surface area contributed by atoms with Gasteiger partial charge in [0.1, 0.15) is 11.3 Å². The second-order valence-electron chi connectivity index (χ2n) is 5.67. The quantitative estimate of drug-likeness (QED) is 0.486. The average Bonchev–Trinajstić information content (AvgIpc) is 3.27. The van der Waals surface area contributed by atoms with Crippen molar-refractivity contribution in [1.29, 1.82) is 0 Å². The second kappa shape index (κ2) is 7.32. The van der Waals surface area contributed by atoms with Crippen LogP contribution in [0.4, 0.5) is 0 Å². The van der Waals surface area contributed by atoms with Gasteiger partial charge in [0.25, 0.3) is 0 Å². The monoisotopic (exact) mass is 430 g/mol. The van der Waals surface area contributed by atoms with Crippen molar-refractivity contribution < 1.29 is 23.4 Å². The van der Waals surface area contributed by atoms with Crippen LogP contribution >= 0.6 is 15.9 Å². The summed E-state index contributed by atoms with van der Waals surface area (Å²) < 4.78 is 22.8. The summed E-state index contributed by atoms with van der Waals surface area (Å²) in [4.78, 5) is 12.3. The molecule has 0 bridgehead atoms. The van der Waals surface area contributed by atoms with Crippen molar-refractivity contribution in [2.75, 3.05) is 13.4 Å². The molecule has 138 valence electrons. The largest absolute Gasteiger partial charge is 0.493 e. The fraction of sp³-hybridized carbons (Fsp3) is 0.158. The predicted octanol–water partition coefficient (Wildman–Crippen LogP) is 4.09. The molecule has 4 rings (SSSR count). The van der Waals surface area contributed by atoms with Gasteiger partial charge in [0.2, 0.25) is 6.79 Å². The maximum absolute atomic E-state index is 12.3. The molecule has 2 heterocycles. The molecule has 1 aliphatic heterocycles. The van der Waals surface area contributed by atoms with Gasteiger partial charge in [-0.3, -0.25) is 4.79 Å². The summed E-state index contributed by atoms with van der Waals surface area (Å²) in [6.07, 6.45) is 1.49. The molecule has 0 unspecified atom stereocenters. The predicted molar refractivity (Wildman–Crippen MR) is 103 cm³/mol. The van der Waals surface area contributed by atoms with Crippen molar-refractivity contribution in [3.05, 3.63) is 52.2 Å². The Morgan fingerprint density at radius 3 is 2.89 bits per heavy atom. The van der Waals surface area contributed by atoms with E-state index in [-0.39, 0.29) is 12.6 Å². The standard InChI is InChI=1S/C19H15BrN2O5/c1-2-24-15-8-17-16(25-10-26-17)7-12(15)9-21-22-19(23)18-6-11-5-13(20)3-4-14(11)27-18/h3-9H,2,10H2,1H3,(H,22,23)/b21-9-. The van der Waals surface area contributed by atoms with Gasteiger partial charge in [-0.25, -0.2) is 5.43 Å². The lowest BCUT2D eigenvalue weighted by atomic mass is 10.2. The number of nitrogens with zero attached hydrogens (tertiary/aromatic N) is 1. The summed E-state index contributed by atoms with van der Waals surface area (Å²) in [5.41, 5.74) is 3.75. The summed E-state index contributed by atoms with van der Waals surface area (Å²) in [6.45, 7) is 2.54. The lowest BCUT2D eigenvalue weighted by Crippen LogP contribution is -2.16. The van der Waals surface area contributed by atoms with Crippen LogP contribution in [-0.4, -0.2) is 25.5 Å². The minimum Gasteiger partial charge on any atom is -0.493 e. The Morgan fingerprint density at radius 1 is 1.26 bits per heavy atom. The molecule has 1 amide bonds. The first kappa shape index (κ1) is 17.4. The van der Waals surface area contributed by atoms with Gasteiger partial charge in [0.05, 0.1) is 12.8 Å². The molecule has 0 radical (unpaired) electrons. The number of carbonyl (C=O) groups excluding carboxylic acids is 1. The van der Waals surface area contributed by atoms with Gasteiger partial charge in [-0.15, -0.1) is 0 Å². The minimum absolute atomic E-state index is 0.167. The van der Waals surface area contributed by atoms with E-state index in [1.165, 1.54) is 6.21 Å². The number of hydrogen-bond donors (Lipinski definition) is 1. The van der Waals surface area contributed by atoms with Crippen LogP contribution in [-0.2, 0) is 0 Å². The number of ether oxygens (including phenoxy) is 3. The molecule has 1 aliphatic rings. The number of rotatable bonds is 5. The van der Waals surface area contributed by atoms with Crippen molar-refractivity contribution in [3.8, 4) is 17.2 Å². The van der Waals surface area contributed by atoms with E-state index < -0.39 is 5.91 Å². The molecule has 1 N–H and O–H groups in total. The highest BCUT2D eigenvalue weighted by molar-refractivity contribution is 9.10. The number of hydrogen-bond acceptors (Lipinski definition) is 6. The van der Waals surface area contributed by atoms with Gasteiger partial charge < -0.3 is 18.6 Å². The van der Waals surface area contributed by atoms with Crippen molar-refractivity contribution in [3.63, 3.8) is 0 Å². The van der Waals surface area contributed by atoms with E-state index in [1.807, 2.05) is 19.1 Å². The van der Waals surface area contributed by atoms with E-state index in [4.69, 9.17) is 18.6 Å². The van der Waals surface area contributed by atoms with Gasteiger partial charge >= 0.3 is 5.91 Å². The molecule has 1 aromatic heterocycles. The van der Waals surface area contributed by atoms with Crippen LogP contribution in [0.1, 0.15) is 23.0 Å². The second-order valence-corrected chi connectivity index (χ2v) is 6.58. The molecule has 8 heteroatoms. The van der Waals surface area contributed by atoms with E-state index in [1.54, 1.807) is 24.3 Å². The molecule has 0 spiro atoms. The van der Waals surface area contributed by atoms with Crippen molar-refractivity contribution >= 4 is 39.0 Å². The van der Waals surface area contributed by atoms with Crippen LogP contribution in [0.25, 0.3) is 11.0 Å². The molecule has 0 saturated carbocycles. The van der Waals surface area contributed by atoms with Gasteiger partial charge in [0.15, 0.2) is 17.3 Å². The Morgan fingerprint density at radius 2 is 2.07 bits per heavy atom. The molecule has 7 nitrogen and oxygen atoms in total. The summed E-state index contributed by atoms with van der Waals surface area (Å²) in [5.74, 6) is 1.55. The number of fused-ring (bicyclic) bond motifs is 2. The van der Waals surface area contributed by atoms with Crippen LogP contribution in [0, 0.1) is 0 Å². The van der Waals surface area contributed by atoms with Crippen molar-refractivity contribution in [2.24, 2.45) is 5.10 Å². The zero-order chi connectivity index (χ0) is 18.8. The van der Waals surface area contributed by atoms with E-state index in [9.17, 15) is 4.79 Å². The van der Waals surface area contributed by atoms with E-state index in [0.717, 1.165) is 9.86 Å². The number of carbonyl (C=O) groups is 1. The number of amides is 1. The number of hydrazone groups is 1. The Balaban J connectivity index is 1.52. The van der Waals surface area contributed by atoms with Crippen LogP contribution in [0.3, 0.4) is 0 Å². The molecule has 2 aromatic carbocycles. The topological polar surface area (TPSA) is 82.3 Å². The molecule has 0 aliphatic carbocycles. The first-order chi connectivity index (χ1) is 13.1. The Labute approximate surface area is 163 Å². The highest BCUT2D eigenvalue weighted by atomic mass is 79.9. The maximum Gasteiger partial charge on any atom is 0.307 e. The number of halogens is 1. The molecular formula is C19H15BrN2O5. The maximum atomic E-state index is 12.3. The number of furan rings is 1. The van der Waals surface area contributed by atoms with E-state index in [2.05, 4.69) is 26.5 Å². The van der Waals surface area contributed by atoms with Crippen molar-refractivity contribution in [2.45, 2.75) is 6.92 Å². The Bertz CT molecular complexity index is 1040. The first-order valence-electron chi connectivity index (χ1n) is 8.23. The van der Waals surface area contributed by atoms with Crippen LogP contribution in [0.5, 0.6) is 17.2 Å². The van der Waals surface area contributed by atoms with Crippen LogP contribution in [0.15, 0.2) is 50.4 Å². The van der Waals surface area contributed by atoms with E-state index >= 15 is 0 Å². The smallest absolute Gasteiger partial charge is 0.307 e. The number of nitrogens with one attached hydrogen (secondary N) is 1.